The van der Waals surface area contributed by atoms with Crippen LogP contribution in [0.5, 0.6) is 0 Å². The van der Waals surface area contributed by atoms with Crippen molar-refractivity contribution in [3.05, 3.63) is 35.3 Å². The van der Waals surface area contributed by atoms with Gasteiger partial charge in [0.1, 0.15) is 22.6 Å². The lowest BCUT2D eigenvalue weighted by molar-refractivity contribution is 0.0524. The van der Waals surface area contributed by atoms with E-state index in [0.29, 0.717) is 35.8 Å². The van der Waals surface area contributed by atoms with Crippen LogP contribution in [0.15, 0.2) is 30.5 Å². The number of alkyl carbamates (subject to hydrolysis) is 1. The van der Waals surface area contributed by atoms with Crippen LogP contribution in [0.3, 0.4) is 0 Å². The van der Waals surface area contributed by atoms with Gasteiger partial charge in [0.15, 0.2) is 5.65 Å². The van der Waals surface area contributed by atoms with Crippen LogP contribution < -0.4 is 14.9 Å². The number of thiophene rings is 1. The fraction of sp³-hybridized carbons (Fsp3) is 0.435. The van der Waals surface area contributed by atoms with Crippen LogP contribution in [0.25, 0.3) is 21.7 Å². The molecule has 3 aromatic rings. The van der Waals surface area contributed by atoms with E-state index in [1.165, 1.54) is 15.6 Å². The van der Waals surface area contributed by atoms with Gasteiger partial charge in [-0.3, -0.25) is 4.98 Å². The van der Waals surface area contributed by atoms with E-state index in [1.54, 1.807) is 18.3 Å². The van der Waals surface area contributed by atoms with Crippen molar-refractivity contribution in [3.8, 4) is 10.6 Å². The van der Waals surface area contributed by atoms with Gasteiger partial charge in [-0.1, -0.05) is 32.6 Å². The van der Waals surface area contributed by atoms with Gasteiger partial charge in [-0.25, -0.2) is 23.9 Å². The number of urea groups is 1. The zero-order valence-corrected chi connectivity index (χ0v) is 21.5. The molecule has 3 amide bonds. The summed E-state index contributed by atoms with van der Waals surface area (Å²) in [7, 11) is 0. The minimum absolute atomic E-state index is 0.337. The van der Waals surface area contributed by atoms with Crippen molar-refractivity contribution in [2.75, 3.05) is 10.8 Å². The van der Waals surface area contributed by atoms with E-state index in [0.717, 1.165) is 29.0 Å². The summed E-state index contributed by atoms with van der Waals surface area (Å²) in [6.45, 7) is 8.51. The van der Waals surface area contributed by atoms with E-state index in [4.69, 9.17) is 4.74 Å². The summed E-state index contributed by atoms with van der Waals surface area (Å²) in [5.74, 6) is 0.365. The van der Waals surface area contributed by atoms with Crippen molar-refractivity contribution < 1.29 is 14.3 Å². The number of carbonyl (C=O) groups excluding carboxylic acids is 2. The number of rotatable bonds is 8. The lowest BCUT2D eigenvalue weighted by Crippen LogP contribution is -2.35. The van der Waals surface area contributed by atoms with Crippen molar-refractivity contribution >= 4 is 53.3 Å². The Morgan fingerprint density at radius 2 is 1.91 bits per heavy atom. The lowest BCUT2D eigenvalue weighted by atomic mass is 10.2. The van der Waals surface area contributed by atoms with Gasteiger partial charge in [-0.05, 0) is 51.5 Å². The minimum atomic E-state index is -0.546. The molecule has 0 radical (unpaired) electrons. The van der Waals surface area contributed by atoms with Gasteiger partial charge in [0.05, 0.1) is 17.6 Å². The maximum absolute atomic E-state index is 12.3. The Morgan fingerprint density at radius 1 is 1.12 bits per heavy atom. The third kappa shape index (κ3) is 7.29. The Kier molecular flexibility index (Phi) is 8.67. The van der Waals surface area contributed by atoms with Crippen molar-refractivity contribution in [1.29, 1.82) is 0 Å². The number of anilines is 1. The van der Waals surface area contributed by atoms with Gasteiger partial charge in [0.2, 0.25) is 0 Å². The van der Waals surface area contributed by atoms with Crippen LogP contribution in [0.1, 0.15) is 51.8 Å². The van der Waals surface area contributed by atoms with E-state index in [1.807, 2.05) is 32.9 Å². The number of hydrogen-bond acceptors (Lipinski definition) is 8. The highest BCUT2D eigenvalue weighted by Crippen LogP contribution is 2.28. The second kappa shape index (κ2) is 11.5. The van der Waals surface area contributed by atoms with Crippen LogP contribution in [0, 0.1) is 0 Å². The summed E-state index contributed by atoms with van der Waals surface area (Å²) in [5, 5.41) is 5.58. The number of ether oxygens (including phenoxy) is 1. The first kappa shape index (κ1) is 25.7. The Morgan fingerprint density at radius 3 is 2.65 bits per heavy atom. The number of fused-ring (bicyclic) bond motifs is 1. The number of amides is 3. The van der Waals surface area contributed by atoms with Crippen molar-refractivity contribution in [3.63, 3.8) is 0 Å². The number of nitrogens with one attached hydrogen (secondary N) is 2. The summed E-state index contributed by atoms with van der Waals surface area (Å²) in [4.78, 5) is 39.6. The number of aromatic nitrogens is 3. The first-order valence-electron chi connectivity index (χ1n) is 11.1. The zero-order valence-electron chi connectivity index (χ0n) is 19.8. The van der Waals surface area contributed by atoms with Gasteiger partial charge in [0, 0.05) is 11.4 Å². The molecule has 0 saturated carbocycles. The quantitative estimate of drug-likeness (QED) is 0.284. The van der Waals surface area contributed by atoms with Crippen molar-refractivity contribution in [1.82, 2.24) is 25.6 Å². The zero-order chi connectivity index (χ0) is 24.7. The van der Waals surface area contributed by atoms with Crippen LogP contribution in [-0.2, 0) is 11.3 Å². The number of hydrogen-bond donors (Lipinski definition) is 3. The van der Waals surface area contributed by atoms with E-state index < -0.39 is 11.7 Å². The fourth-order valence-electron chi connectivity index (χ4n) is 2.96. The number of carbonyl (C=O) groups is 2. The van der Waals surface area contributed by atoms with E-state index in [9.17, 15) is 9.59 Å². The third-order valence-corrected chi connectivity index (χ3v) is 6.07. The van der Waals surface area contributed by atoms with Crippen molar-refractivity contribution in [2.45, 2.75) is 59.1 Å². The largest absolute Gasteiger partial charge is 0.444 e. The molecule has 0 unspecified atom stereocenters. The third-order valence-electron chi connectivity index (χ3n) is 4.58. The van der Waals surface area contributed by atoms with Gasteiger partial charge < -0.3 is 15.4 Å². The number of pyridine rings is 1. The molecule has 3 aromatic heterocycles. The predicted octanol–water partition coefficient (Wildman–Crippen LogP) is 5.33. The Hall–Kier alpha value is -2.92. The molecule has 0 spiro atoms. The molecule has 3 rings (SSSR count). The summed E-state index contributed by atoms with van der Waals surface area (Å²) in [6, 6.07) is 6.94. The van der Waals surface area contributed by atoms with E-state index in [-0.39, 0.29) is 6.03 Å². The topological polar surface area (TPSA) is 109 Å². The van der Waals surface area contributed by atoms with Crippen LogP contribution in [-0.4, -0.2) is 39.2 Å². The maximum Gasteiger partial charge on any atom is 0.407 e. The molecule has 0 fully saturated rings. The Balaban J connectivity index is 1.69. The first-order valence-corrected chi connectivity index (χ1v) is 12.3. The molecule has 0 bridgehead atoms. The molecular formula is C23H30N6O3S2. The molecule has 9 nitrogen and oxygen atoms in total. The number of unbranched alkanes of at least 4 members (excludes halogenated alkanes) is 2. The number of thiol groups is 1. The lowest BCUT2D eigenvalue weighted by Gasteiger charge is -2.19. The molecule has 3 heterocycles. The van der Waals surface area contributed by atoms with Gasteiger partial charge >= 0.3 is 12.1 Å². The smallest absolute Gasteiger partial charge is 0.407 e. The van der Waals surface area contributed by atoms with Crippen LogP contribution in [0.4, 0.5) is 15.4 Å². The molecule has 0 aromatic carbocycles. The Labute approximate surface area is 208 Å². The molecule has 0 aliphatic heterocycles. The fourth-order valence-corrected chi connectivity index (χ4v) is 4.04. The first-order chi connectivity index (χ1) is 16.2. The molecule has 182 valence electrons. The summed E-state index contributed by atoms with van der Waals surface area (Å²) >= 11 is 5.79. The normalized spacial score (nSPS) is 11.3. The summed E-state index contributed by atoms with van der Waals surface area (Å²) < 4.78 is 6.44. The van der Waals surface area contributed by atoms with Crippen LogP contribution >= 0.6 is 24.2 Å². The molecular weight excluding hydrogens is 472 g/mol. The summed E-state index contributed by atoms with van der Waals surface area (Å²) in [6.07, 6.45) is 4.27. The molecule has 11 heteroatoms. The highest BCUT2D eigenvalue weighted by atomic mass is 32.1. The second-order valence-corrected chi connectivity index (χ2v) is 10.2. The highest BCUT2D eigenvalue weighted by Gasteiger charge is 2.17. The standard InChI is InChI=1S/C23H30N6O3S2/c1-5-6-7-12-24-21(30)29(33)19-11-9-16-20(28-19)27-17(14-25-16)18-10-8-15(34-18)13-26-22(31)32-23(2,3)4/h8-11,14,33H,5-7,12-13H2,1-4H3,(H,24,30)(H,26,31). The Bertz CT molecular complexity index is 1150. The van der Waals surface area contributed by atoms with Crippen molar-refractivity contribution in [2.24, 2.45) is 0 Å². The minimum Gasteiger partial charge on any atom is -0.444 e. The molecule has 2 N–H and O–H groups in total. The number of nitrogens with zero attached hydrogens (tertiary/aromatic N) is 4. The maximum atomic E-state index is 12.3. The van der Waals surface area contributed by atoms with Gasteiger partial charge in [-0.2, -0.15) is 0 Å². The van der Waals surface area contributed by atoms with E-state index >= 15 is 0 Å². The predicted molar refractivity (Wildman–Crippen MR) is 138 cm³/mol. The molecule has 0 saturated heterocycles. The second-order valence-electron chi connectivity index (χ2n) is 8.64. The molecule has 0 aliphatic carbocycles. The molecule has 34 heavy (non-hydrogen) atoms. The molecule has 0 aliphatic rings. The van der Waals surface area contributed by atoms with Gasteiger partial charge in [0.25, 0.3) is 0 Å². The average Bonchev–Trinajstić information content (AvgIpc) is 3.27. The molecule has 0 atom stereocenters. The highest BCUT2D eigenvalue weighted by molar-refractivity contribution is 7.82. The summed E-state index contributed by atoms with van der Waals surface area (Å²) in [5.41, 5.74) is 1.13. The monoisotopic (exact) mass is 502 g/mol. The van der Waals surface area contributed by atoms with Gasteiger partial charge in [-0.15, -0.1) is 11.3 Å². The SMILES string of the molecule is CCCCCNC(=O)N(S)c1ccc2ncc(-c3ccc(CNC(=O)OC(C)(C)C)s3)nc2n1. The van der Waals surface area contributed by atoms with E-state index in [2.05, 4.69) is 45.3 Å². The van der Waals surface area contributed by atoms with Crippen LogP contribution in [0.2, 0.25) is 0 Å². The average molecular weight is 503 g/mol.